The molecule has 4 nitrogen and oxygen atoms in total. The van der Waals surface area contributed by atoms with E-state index < -0.39 is 0 Å². The number of halogens is 1. The Hall–Kier alpha value is -0.840. The molecule has 0 aromatic carbocycles. The van der Waals surface area contributed by atoms with Crippen LogP contribution in [0.1, 0.15) is 5.69 Å². The number of hydrogen-bond acceptors (Lipinski definition) is 4. The number of nitrogens with zero attached hydrogens (tertiary/aromatic N) is 2. The van der Waals surface area contributed by atoms with Gasteiger partial charge in [0.1, 0.15) is 18.0 Å². The standard InChI is InChI=1S/C12H17ClN2O2/c1-16-10-7-15(8-11(10)17-2)12-5-3-4-9(6-13)14-12/h3-5,10-11H,6-8H2,1-2H3. The number of methoxy groups -OCH3 is 2. The minimum absolute atomic E-state index is 0.0986. The molecule has 17 heavy (non-hydrogen) atoms. The first-order valence-electron chi connectivity index (χ1n) is 5.61. The fourth-order valence-electron chi connectivity index (χ4n) is 2.10. The average Bonchev–Trinajstić information content (AvgIpc) is 2.82. The maximum atomic E-state index is 5.79. The van der Waals surface area contributed by atoms with Gasteiger partial charge in [0, 0.05) is 27.3 Å². The zero-order chi connectivity index (χ0) is 12.3. The quantitative estimate of drug-likeness (QED) is 0.768. The number of rotatable bonds is 4. The highest BCUT2D eigenvalue weighted by Crippen LogP contribution is 2.22. The summed E-state index contributed by atoms with van der Waals surface area (Å²) in [7, 11) is 3.42. The highest BCUT2D eigenvalue weighted by atomic mass is 35.5. The van der Waals surface area contributed by atoms with Gasteiger partial charge in [0.05, 0.1) is 11.6 Å². The van der Waals surface area contributed by atoms with E-state index in [1.54, 1.807) is 14.2 Å². The first-order valence-corrected chi connectivity index (χ1v) is 6.14. The van der Waals surface area contributed by atoms with Crippen molar-refractivity contribution in [3.63, 3.8) is 0 Å². The van der Waals surface area contributed by atoms with Gasteiger partial charge in [0.15, 0.2) is 0 Å². The van der Waals surface area contributed by atoms with Gasteiger partial charge in [-0.1, -0.05) is 6.07 Å². The summed E-state index contributed by atoms with van der Waals surface area (Å²) in [6.45, 7) is 1.60. The lowest BCUT2D eigenvalue weighted by Gasteiger charge is -2.17. The van der Waals surface area contributed by atoms with Crippen molar-refractivity contribution in [2.45, 2.75) is 18.1 Å². The van der Waals surface area contributed by atoms with Gasteiger partial charge >= 0.3 is 0 Å². The Kier molecular flexibility index (Phi) is 4.20. The molecule has 1 aromatic rings. The average molecular weight is 257 g/mol. The topological polar surface area (TPSA) is 34.6 Å². The summed E-state index contributed by atoms with van der Waals surface area (Å²) in [5.41, 5.74) is 0.888. The zero-order valence-corrected chi connectivity index (χ0v) is 10.9. The molecule has 1 aromatic heterocycles. The summed E-state index contributed by atoms with van der Waals surface area (Å²) in [6, 6.07) is 5.89. The van der Waals surface area contributed by atoms with Crippen LogP contribution in [0, 0.1) is 0 Å². The van der Waals surface area contributed by atoms with Gasteiger partial charge in [-0.2, -0.15) is 0 Å². The van der Waals surface area contributed by atoms with E-state index in [2.05, 4.69) is 9.88 Å². The normalized spacial score (nSPS) is 24.3. The van der Waals surface area contributed by atoms with E-state index in [0.29, 0.717) is 5.88 Å². The summed E-state index contributed by atoms with van der Waals surface area (Å²) < 4.78 is 10.8. The Labute approximate surface area is 106 Å². The molecular weight excluding hydrogens is 240 g/mol. The Morgan fingerprint density at radius 2 is 1.94 bits per heavy atom. The summed E-state index contributed by atoms with van der Waals surface area (Å²) >= 11 is 5.79. The second-order valence-corrected chi connectivity index (χ2v) is 4.34. The van der Waals surface area contributed by atoms with Crippen LogP contribution in [0.4, 0.5) is 5.82 Å². The highest BCUT2D eigenvalue weighted by Gasteiger charge is 2.33. The van der Waals surface area contributed by atoms with Gasteiger partial charge in [-0.25, -0.2) is 4.98 Å². The van der Waals surface area contributed by atoms with E-state index in [0.717, 1.165) is 24.6 Å². The lowest BCUT2D eigenvalue weighted by molar-refractivity contribution is -0.00461. The van der Waals surface area contributed by atoms with Crippen LogP contribution in [-0.4, -0.2) is 44.5 Å². The van der Waals surface area contributed by atoms with Crippen LogP contribution in [-0.2, 0) is 15.4 Å². The number of aromatic nitrogens is 1. The molecule has 2 unspecified atom stereocenters. The minimum atomic E-state index is 0.0986. The third-order valence-electron chi connectivity index (χ3n) is 3.07. The molecule has 0 aliphatic carbocycles. The number of hydrogen-bond donors (Lipinski definition) is 0. The van der Waals surface area contributed by atoms with Crippen molar-refractivity contribution in [2.24, 2.45) is 0 Å². The van der Waals surface area contributed by atoms with Crippen LogP contribution >= 0.6 is 11.6 Å². The van der Waals surface area contributed by atoms with E-state index >= 15 is 0 Å². The monoisotopic (exact) mass is 256 g/mol. The molecule has 1 aliphatic rings. The first-order chi connectivity index (χ1) is 8.28. The van der Waals surface area contributed by atoms with Crippen molar-refractivity contribution in [1.82, 2.24) is 4.98 Å². The van der Waals surface area contributed by atoms with Crippen LogP contribution < -0.4 is 4.90 Å². The van der Waals surface area contributed by atoms with E-state index in [4.69, 9.17) is 21.1 Å². The van der Waals surface area contributed by atoms with Crippen molar-refractivity contribution in [3.05, 3.63) is 23.9 Å². The van der Waals surface area contributed by atoms with Crippen LogP contribution in [0.15, 0.2) is 18.2 Å². The minimum Gasteiger partial charge on any atom is -0.377 e. The van der Waals surface area contributed by atoms with Gasteiger partial charge in [-0.15, -0.1) is 11.6 Å². The highest BCUT2D eigenvalue weighted by molar-refractivity contribution is 6.16. The molecule has 94 valence electrons. The summed E-state index contributed by atoms with van der Waals surface area (Å²) in [5.74, 6) is 1.37. The third-order valence-corrected chi connectivity index (χ3v) is 3.35. The van der Waals surface area contributed by atoms with Gasteiger partial charge in [-0.3, -0.25) is 0 Å². The predicted molar refractivity (Wildman–Crippen MR) is 67.6 cm³/mol. The van der Waals surface area contributed by atoms with Crippen LogP contribution in [0.25, 0.3) is 0 Å². The Morgan fingerprint density at radius 3 is 2.47 bits per heavy atom. The van der Waals surface area contributed by atoms with E-state index in [1.165, 1.54) is 0 Å². The molecule has 2 heterocycles. The maximum Gasteiger partial charge on any atom is 0.129 e. The fraction of sp³-hybridized carbons (Fsp3) is 0.583. The number of pyridine rings is 1. The second kappa shape index (κ2) is 5.67. The van der Waals surface area contributed by atoms with Gasteiger partial charge < -0.3 is 14.4 Å². The first kappa shape index (κ1) is 12.6. The van der Waals surface area contributed by atoms with Crippen LogP contribution in [0.3, 0.4) is 0 Å². The molecule has 1 saturated heterocycles. The lowest BCUT2D eigenvalue weighted by Crippen LogP contribution is -2.27. The maximum absolute atomic E-state index is 5.79. The second-order valence-electron chi connectivity index (χ2n) is 4.07. The molecule has 2 atom stereocenters. The van der Waals surface area contributed by atoms with Crippen molar-refractivity contribution in [2.75, 3.05) is 32.2 Å². The zero-order valence-electron chi connectivity index (χ0n) is 10.1. The molecule has 0 radical (unpaired) electrons. The molecule has 2 rings (SSSR count). The van der Waals surface area contributed by atoms with E-state index in [1.807, 2.05) is 18.2 Å². The molecule has 1 aliphatic heterocycles. The molecule has 0 amide bonds. The summed E-state index contributed by atoms with van der Waals surface area (Å²) in [6.07, 6.45) is 0.197. The number of alkyl halides is 1. The third kappa shape index (κ3) is 2.70. The largest absolute Gasteiger partial charge is 0.377 e. The number of anilines is 1. The van der Waals surface area contributed by atoms with Gasteiger partial charge in [0.25, 0.3) is 0 Å². The van der Waals surface area contributed by atoms with Crippen molar-refractivity contribution >= 4 is 17.4 Å². The predicted octanol–water partition coefficient (Wildman–Crippen LogP) is 1.67. The molecule has 1 fully saturated rings. The van der Waals surface area contributed by atoms with Gasteiger partial charge in [-0.05, 0) is 12.1 Å². The summed E-state index contributed by atoms with van der Waals surface area (Å²) in [4.78, 5) is 6.66. The van der Waals surface area contributed by atoms with Crippen molar-refractivity contribution in [1.29, 1.82) is 0 Å². The fourth-order valence-corrected chi connectivity index (χ4v) is 2.25. The summed E-state index contributed by atoms with van der Waals surface area (Å²) in [5, 5.41) is 0. The number of ether oxygens (including phenoxy) is 2. The van der Waals surface area contributed by atoms with Crippen LogP contribution in [0.5, 0.6) is 0 Å². The Balaban J connectivity index is 2.13. The molecule has 0 bridgehead atoms. The molecule has 0 saturated carbocycles. The lowest BCUT2D eigenvalue weighted by atomic mass is 10.3. The van der Waals surface area contributed by atoms with E-state index in [9.17, 15) is 0 Å². The van der Waals surface area contributed by atoms with Crippen molar-refractivity contribution in [3.8, 4) is 0 Å². The molecule has 0 spiro atoms. The van der Waals surface area contributed by atoms with Crippen molar-refractivity contribution < 1.29 is 9.47 Å². The van der Waals surface area contributed by atoms with Gasteiger partial charge in [0.2, 0.25) is 0 Å². The Bertz CT molecular complexity index is 363. The molecule has 5 heteroatoms. The Morgan fingerprint density at radius 1 is 1.29 bits per heavy atom. The SMILES string of the molecule is COC1CN(c2cccc(CCl)n2)CC1OC. The molecular formula is C12H17ClN2O2. The van der Waals surface area contributed by atoms with E-state index in [-0.39, 0.29) is 12.2 Å². The molecule has 0 N–H and O–H groups in total. The smallest absolute Gasteiger partial charge is 0.129 e. The van der Waals surface area contributed by atoms with Crippen LogP contribution in [0.2, 0.25) is 0 Å².